The third kappa shape index (κ3) is 2.21. The lowest BCUT2D eigenvalue weighted by Crippen LogP contribution is -2.17. The van der Waals surface area contributed by atoms with Gasteiger partial charge in [-0.1, -0.05) is 19.3 Å². The molecule has 98 valence electrons. The minimum atomic E-state index is -1.42. The maximum atomic E-state index is 13.6. The van der Waals surface area contributed by atoms with Gasteiger partial charge in [-0.15, -0.1) is 0 Å². The third-order valence-electron chi connectivity index (χ3n) is 3.55. The zero-order valence-electron chi connectivity index (χ0n) is 10.2. The molecule has 0 atom stereocenters. The number of pyridine rings is 1. The molecule has 0 radical (unpaired) electrons. The highest BCUT2D eigenvalue weighted by Gasteiger charge is 2.29. The second kappa shape index (κ2) is 5.00. The Bertz CT molecular complexity index is 482. The Balaban J connectivity index is 2.56. The van der Waals surface area contributed by atoms with Gasteiger partial charge in [0, 0.05) is 5.69 Å². The summed E-state index contributed by atoms with van der Waals surface area (Å²) in [5.41, 5.74) is 0.131. The van der Waals surface area contributed by atoms with Crippen LogP contribution in [0, 0.1) is 18.7 Å². The summed E-state index contributed by atoms with van der Waals surface area (Å²) in [6.07, 6.45) is 4.71. The monoisotopic (exact) mass is 255 g/mol. The van der Waals surface area contributed by atoms with Gasteiger partial charge in [-0.2, -0.15) is 4.39 Å². The van der Waals surface area contributed by atoms with Crippen LogP contribution in [-0.2, 0) is 0 Å². The fourth-order valence-electron chi connectivity index (χ4n) is 2.76. The van der Waals surface area contributed by atoms with Gasteiger partial charge in [0.1, 0.15) is 5.56 Å². The summed E-state index contributed by atoms with van der Waals surface area (Å²) >= 11 is 0. The first kappa shape index (κ1) is 12.9. The highest BCUT2D eigenvalue weighted by molar-refractivity contribution is 5.90. The van der Waals surface area contributed by atoms with Crippen LogP contribution >= 0.6 is 0 Å². The highest BCUT2D eigenvalue weighted by Crippen LogP contribution is 2.36. The molecule has 1 aromatic rings. The van der Waals surface area contributed by atoms with Gasteiger partial charge in [0.25, 0.3) is 0 Å². The van der Waals surface area contributed by atoms with Crippen LogP contribution in [0.15, 0.2) is 0 Å². The topological polar surface area (TPSA) is 50.2 Å². The summed E-state index contributed by atoms with van der Waals surface area (Å²) in [6.45, 7) is 1.54. The SMILES string of the molecule is Cc1nc(F)c(F)c(C(=O)O)c1C1CCCCC1. The van der Waals surface area contributed by atoms with E-state index in [2.05, 4.69) is 4.98 Å². The Morgan fingerprint density at radius 2 is 1.89 bits per heavy atom. The highest BCUT2D eigenvalue weighted by atomic mass is 19.2. The van der Waals surface area contributed by atoms with Crippen molar-refractivity contribution in [3.05, 3.63) is 28.6 Å². The van der Waals surface area contributed by atoms with Crippen LogP contribution in [0.2, 0.25) is 0 Å². The molecule has 18 heavy (non-hydrogen) atoms. The average molecular weight is 255 g/mol. The summed E-state index contributed by atoms with van der Waals surface area (Å²) in [4.78, 5) is 14.6. The van der Waals surface area contributed by atoms with Crippen LogP contribution < -0.4 is 0 Å². The molecule has 3 nitrogen and oxygen atoms in total. The van der Waals surface area contributed by atoms with Crippen molar-refractivity contribution in [2.45, 2.75) is 44.9 Å². The zero-order valence-corrected chi connectivity index (χ0v) is 10.2. The number of carboxylic acid groups (broad SMARTS) is 1. The molecule has 0 spiro atoms. The number of nitrogens with zero attached hydrogens (tertiary/aromatic N) is 1. The Morgan fingerprint density at radius 1 is 1.28 bits per heavy atom. The number of aryl methyl sites for hydroxylation is 1. The van der Waals surface area contributed by atoms with Gasteiger partial charge in [0.2, 0.25) is 5.95 Å². The van der Waals surface area contributed by atoms with E-state index in [4.69, 9.17) is 5.11 Å². The summed E-state index contributed by atoms with van der Waals surface area (Å²) in [6, 6.07) is 0. The van der Waals surface area contributed by atoms with E-state index in [1.807, 2.05) is 0 Å². The van der Waals surface area contributed by atoms with Gasteiger partial charge in [-0.05, 0) is 31.2 Å². The van der Waals surface area contributed by atoms with Crippen LogP contribution in [0.4, 0.5) is 8.78 Å². The van der Waals surface area contributed by atoms with Gasteiger partial charge in [0.15, 0.2) is 5.82 Å². The molecule has 0 amide bonds. The van der Waals surface area contributed by atoms with Crippen molar-refractivity contribution in [3.63, 3.8) is 0 Å². The first-order valence-corrected chi connectivity index (χ1v) is 6.11. The molecule has 1 N–H and O–H groups in total. The number of carbonyl (C=O) groups is 1. The Hall–Kier alpha value is -1.52. The number of rotatable bonds is 2. The number of aromatic nitrogens is 1. The molecule has 5 heteroatoms. The van der Waals surface area contributed by atoms with Crippen molar-refractivity contribution < 1.29 is 18.7 Å². The second-order valence-electron chi connectivity index (χ2n) is 4.73. The second-order valence-corrected chi connectivity index (χ2v) is 4.73. The predicted molar refractivity (Wildman–Crippen MR) is 61.7 cm³/mol. The minimum Gasteiger partial charge on any atom is -0.478 e. The standard InChI is InChI=1S/C13H15F2NO2/c1-7-9(8-5-3-2-4-6-8)10(13(17)18)11(14)12(15)16-7/h8H,2-6H2,1H3,(H,17,18). The molecule has 0 bridgehead atoms. The molecule has 2 rings (SSSR count). The van der Waals surface area contributed by atoms with E-state index in [0.717, 1.165) is 32.1 Å². The molecule has 0 aromatic carbocycles. The molecule has 1 saturated carbocycles. The predicted octanol–water partition coefficient (Wildman–Crippen LogP) is 3.41. The van der Waals surface area contributed by atoms with E-state index in [9.17, 15) is 13.6 Å². The van der Waals surface area contributed by atoms with Crippen molar-refractivity contribution in [1.29, 1.82) is 0 Å². The van der Waals surface area contributed by atoms with Crippen molar-refractivity contribution in [3.8, 4) is 0 Å². The number of halogens is 2. The lowest BCUT2D eigenvalue weighted by Gasteiger charge is -2.24. The van der Waals surface area contributed by atoms with Gasteiger partial charge in [0.05, 0.1) is 0 Å². The van der Waals surface area contributed by atoms with E-state index in [0.29, 0.717) is 5.56 Å². The van der Waals surface area contributed by atoms with E-state index < -0.39 is 23.3 Å². The normalized spacial score (nSPS) is 16.8. The van der Waals surface area contributed by atoms with Crippen molar-refractivity contribution in [2.24, 2.45) is 0 Å². The largest absolute Gasteiger partial charge is 0.478 e. The van der Waals surface area contributed by atoms with Gasteiger partial charge in [-0.25, -0.2) is 14.2 Å². The van der Waals surface area contributed by atoms with Gasteiger partial charge < -0.3 is 5.11 Å². The van der Waals surface area contributed by atoms with Crippen LogP contribution in [-0.4, -0.2) is 16.1 Å². The van der Waals surface area contributed by atoms with Crippen LogP contribution in [0.5, 0.6) is 0 Å². The maximum absolute atomic E-state index is 13.6. The minimum absolute atomic E-state index is 0.0209. The summed E-state index contributed by atoms with van der Waals surface area (Å²) < 4.78 is 26.8. The Kier molecular flexibility index (Phi) is 3.59. The molecular formula is C13H15F2NO2. The van der Waals surface area contributed by atoms with E-state index in [1.54, 1.807) is 6.92 Å². The van der Waals surface area contributed by atoms with Crippen molar-refractivity contribution in [1.82, 2.24) is 4.98 Å². The van der Waals surface area contributed by atoms with Crippen molar-refractivity contribution >= 4 is 5.97 Å². The Morgan fingerprint density at radius 3 is 2.44 bits per heavy atom. The van der Waals surface area contributed by atoms with Gasteiger partial charge >= 0.3 is 5.97 Å². The van der Waals surface area contributed by atoms with Crippen molar-refractivity contribution in [2.75, 3.05) is 0 Å². The molecule has 0 saturated heterocycles. The molecule has 0 unspecified atom stereocenters. The molecule has 1 aliphatic rings. The summed E-state index contributed by atoms with van der Waals surface area (Å²) in [5.74, 6) is -4.11. The Labute approximate surface area is 104 Å². The van der Waals surface area contributed by atoms with Crippen LogP contribution in [0.25, 0.3) is 0 Å². The van der Waals surface area contributed by atoms with E-state index in [1.165, 1.54) is 0 Å². The zero-order chi connectivity index (χ0) is 13.3. The maximum Gasteiger partial charge on any atom is 0.339 e. The third-order valence-corrected chi connectivity index (χ3v) is 3.55. The fourth-order valence-corrected chi connectivity index (χ4v) is 2.76. The molecule has 0 aliphatic heterocycles. The van der Waals surface area contributed by atoms with Crippen LogP contribution in [0.3, 0.4) is 0 Å². The molecular weight excluding hydrogens is 240 g/mol. The average Bonchev–Trinajstić information content (AvgIpc) is 2.34. The molecule has 1 fully saturated rings. The van der Waals surface area contributed by atoms with Crippen LogP contribution in [0.1, 0.15) is 59.6 Å². The number of carboxylic acids is 1. The lowest BCUT2D eigenvalue weighted by atomic mass is 9.81. The smallest absolute Gasteiger partial charge is 0.339 e. The van der Waals surface area contributed by atoms with E-state index >= 15 is 0 Å². The molecule has 1 aromatic heterocycles. The first-order chi connectivity index (χ1) is 8.52. The van der Waals surface area contributed by atoms with E-state index in [-0.39, 0.29) is 11.6 Å². The fraction of sp³-hybridized carbons (Fsp3) is 0.538. The summed E-state index contributed by atoms with van der Waals surface area (Å²) in [7, 11) is 0. The molecule has 1 aliphatic carbocycles. The number of hydrogen-bond donors (Lipinski definition) is 1. The van der Waals surface area contributed by atoms with Gasteiger partial charge in [-0.3, -0.25) is 0 Å². The number of aromatic carboxylic acids is 1. The molecule has 1 heterocycles. The first-order valence-electron chi connectivity index (χ1n) is 6.11. The number of hydrogen-bond acceptors (Lipinski definition) is 2. The lowest BCUT2D eigenvalue weighted by molar-refractivity contribution is 0.0687. The summed E-state index contributed by atoms with van der Waals surface area (Å²) in [5, 5.41) is 9.09. The quantitative estimate of drug-likeness (QED) is 0.824.